The summed E-state index contributed by atoms with van der Waals surface area (Å²) in [6.07, 6.45) is 3.54. The number of aromatic nitrogens is 1. The second kappa shape index (κ2) is 5.90. The van der Waals surface area contributed by atoms with E-state index in [1.54, 1.807) is 6.20 Å². The van der Waals surface area contributed by atoms with Gasteiger partial charge in [0, 0.05) is 29.8 Å². The number of aryl methyl sites for hydroxylation is 1. The largest absolute Gasteiger partial charge is 0.392 e. The van der Waals surface area contributed by atoms with Gasteiger partial charge >= 0.3 is 0 Å². The Morgan fingerprint density at radius 2 is 1.95 bits per heavy atom. The van der Waals surface area contributed by atoms with Gasteiger partial charge in [-0.3, -0.25) is 4.98 Å². The Bertz CT molecular complexity index is 624. The van der Waals surface area contributed by atoms with Crippen LogP contribution < -0.4 is 0 Å². The molecular formula is C17H17F2NO. The minimum atomic E-state index is -0.828. The van der Waals surface area contributed by atoms with Crippen LogP contribution in [0.5, 0.6) is 0 Å². The molecule has 0 fully saturated rings. The van der Waals surface area contributed by atoms with E-state index in [9.17, 15) is 13.9 Å². The van der Waals surface area contributed by atoms with Crippen molar-refractivity contribution in [1.82, 2.24) is 4.98 Å². The zero-order valence-corrected chi connectivity index (χ0v) is 11.6. The van der Waals surface area contributed by atoms with Crippen molar-refractivity contribution in [2.24, 2.45) is 0 Å². The first-order valence-electron chi connectivity index (χ1n) is 7.21. The lowest BCUT2D eigenvalue weighted by Crippen LogP contribution is -2.26. The third kappa shape index (κ3) is 2.81. The molecule has 4 heteroatoms. The van der Waals surface area contributed by atoms with Gasteiger partial charge in [-0.05, 0) is 43.0 Å². The number of aliphatic hydroxyl groups excluding tert-OH is 1. The van der Waals surface area contributed by atoms with E-state index in [4.69, 9.17) is 0 Å². The fraction of sp³-hybridized carbons (Fsp3) is 0.353. The number of nitrogens with zero attached hydrogens (tertiary/aromatic N) is 1. The Hall–Kier alpha value is -1.81. The molecule has 0 saturated heterocycles. The molecule has 21 heavy (non-hydrogen) atoms. The van der Waals surface area contributed by atoms with Crippen LogP contribution in [-0.2, 0) is 12.8 Å². The van der Waals surface area contributed by atoms with E-state index >= 15 is 0 Å². The molecule has 2 atom stereocenters. The van der Waals surface area contributed by atoms with Crippen LogP contribution in [0.25, 0.3) is 0 Å². The van der Waals surface area contributed by atoms with Gasteiger partial charge in [-0.15, -0.1) is 0 Å². The molecule has 1 heterocycles. The highest BCUT2D eigenvalue weighted by atomic mass is 19.1. The summed E-state index contributed by atoms with van der Waals surface area (Å²) in [5.74, 6) is -1.37. The minimum Gasteiger partial charge on any atom is -0.392 e. The maximum Gasteiger partial charge on any atom is 0.129 e. The van der Waals surface area contributed by atoms with Crippen LogP contribution in [0.4, 0.5) is 8.78 Å². The first kappa shape index (κ1) is 14.1. The normalized spacial score (nSPS) is 19.1. The van der Waals surface area contributed by atoms with E-state index < -0.39 is 17.7 Å². The van der Waals surface area contributed by atoms with Crippen LogP contribution >= 0.6 is 0 Å². The first-order valence-corrected chi connectivity index (χ1v) is 7.21. The van der Waals surface area contributed by atoms with Crippen molar-refractivity contribution in [3.05, 3.63) is 65.0 Å². The number of fused-ring (bicyclic) bond motifs is 1. The lowest BCUT2D eigenvalue weighted by molar-refractivity contribution is 0.130. The Balaban J connectivity index is 1.85. The zero-order chi connectivity index (χ0) is 14.8. The fourth-order valence-corrected chi connectivity index (χ4v) is 3.10. The minimum absolute atomic E-state index is 0.0286. The molecule has 0 bridgehead atoms. The number of hydrogen-bond acceptors (Lipinski definition) is 2. The van der Waals surface area contributed by atoms with Gasteiger partial charge in [-0.2, -0.15) is 0 Å². The molecule has 0 amide bonds. The van der Waals surface area contributed by atoms with E-state index in [-0.39, 0.29) is 17.9 Å². The number of hydrogen-bond donors (Lipinski definition) is 1. The number of pyridine rings is 1. The monoisotopic (exact) mass is 289 g/mol. The molecule has 3 rings (SSSR count). The molecule has 0 aliphatic heterocycles. The molecule has 1 aromatic heterocycles. The smallest absolute Gasteiger partial charge is 0.129 e. The Kier molecular flexibility index (Phi) is 3.97. The summed E-state index contributed by atoms with van der Waals surface area (Å²) in [7, 11) is 0. The second-order valence-electron chi connectivity index (χ2n) is 5.52. The molecule has 0 radical (unpaired) electrons. The zero-order valence-electron chi connectivity index (χ0n) is 11.6. The molecule has 0 saturated carbocycles. The summed E-state index contributed by atoms with van der Waals surface area (Å²) >= 11 is 0. The maximum absolute atomic E-state index is 13.7. The molecule has 2 nitrogen and oxygen atoms in total. The molecule has 1 aliphatic carbocycles. The van der Waals surface area contributed by atoms with Gasteiger partial charge in [-0.1, -0.05) is 12.1 Å². The van der Waals surface area contributed by atoms with Gasteiger partial charge in [-0.25, -0.2) is 8.78 Å². The van der Waals surface area contributed by atoms with Crippen LogP contribution in [0, 0.1) is 11.6 Å². The summed E-state index contributed by atoms with van der Waals surface area (Å²) in [5, 5.41) is 10.4. The van der Waals surface area contributed by atoms with E-state index in [2.05, 4.69) is 4.98 Å². The predicted molar refractivity (Wildman–Crippen MR) is 76.0 cm³/mol. The van der Waals surface area contributed by atoms with Crippen LogP contribution in [0.2, 0.25) is 0 Å². The quantitative estimate of drug-likeness (QED) is 0.939. The summed E-state index contributed by atoms with van der Waals surface area (Å²) in [6.45, 7) is 0. The van der Waals surface area contributed by atoms with Crippen molar-refractivity contribution in [3.8, 4) is 0 Å². The lowest BCUT2D eigenvalue weighted by Gasteiger charge is -2.28. The van der Waals surface area contributed by atoms with E-state index in [1.165, 1.54) is 18.2 Å². The molecule has 2 unspecified atom stereocenters. The predicted octanol–water partition coefficient (Wildman–Crippen LogP) is 3.38. The highest BCUT2D eigenvalue weighted by molar-refractivity contribution is 5.28. The van der Waals surface area contributed by atoms with Gasteiger partial charge in [0.15, 0.2) is 0 Å². The average molecular weight is 289 g/mol. The van der Waals surface area contributed by atoms with E-state index in [0.717, 1.165) is 30.5 Å². The SMILES string of the molecule is OC(Cc1c(F)cccc1F)C1CCCc2cccnc21. The van der Waals surface area contributed by atoms with Crippen molar-refractivity contribution in [2.75, 3.05) is 0 Å². The third-order valence-corrected chi connectivity index (χ3v) is 4.18. The van der Waals surface area contributed by atoms with Crippen molar-refractivity contribution < 1.29 is 13.9 Å². The Morgan fingerprint density at radius 3 is 2.71 bits per heavy atom. The lowest BCUT2D eigenvalue weighted by atomic mass is 9.81. The highest BCUT2D eigenvalue weighted by Gasteiger charge is 2.29. The molecule has 1 aromatic carbocycles. The van der Waals surface area contributed by atoms with Gasteiger partial charge in [0.05, 0.1) is 6.10 Å². The average Bonchev–Trinajstić information content (AvgIpc) is 2.50. The summed E-state index contributed by atoms with van der Waals surface area (Å²) in [6, 6.07) is 7.66. The van der Waals surface area contributed by atoms with Crippen molar-refractivity contribution >= 4 is 0 Å². The number of rotatable bonds is 3. The van der Waals surface area contributed by atoms with Crippen LogP contribution in [-0.4, -0.2) is 16.2 Å². The summed E-state index contributed by atoms with van der Waals surface area (Å²) in [4.78, 5) is 4.36. The van der Waals surface area contributed by atoms with Crippen molar-refractivity contribution in [2.45, 2.75) is 37.7 Å². The van der Waals surface area contributed by atoms with Gasteiger partial charge < -0.3 is 5.11 Å². The van der Waals surface area contributed by atoms with Crippen molar-refractivity contribution in [3.63, 3.8) is 0 Å². The van der Waals surface area contributed by atoms with Crippen LogP contribution in [0.1, 0.15) is 35.6 Å². The number of halogens is 2. The number of benzene rings is 1. The molecule has 1 aliphatic rings. The molecular weight excluding hydrogens is 272 g/mol. The standard InChI is InChI=1S/C17H17F2NO/c18-14-7-2-8-15(19)13(14)10-16(21)12-6-1-4-11-5-3-9-20-17(11)12/h2-3,5,7-9,12,16,21H,1,4,6,10H2. The highest BCUT2D eigenvalue weighted by Crippen LogP contribution is 2.34. The van der Waals surface area contributed by atoms with Gasteiger partial charge in [0.25, 0.3) is 0 Å². The first-order chi connectivity index (χ1) is 10.2. The van der Waals surface area contributed by atoms with E-state index in [1.807, 2.05) is 12.1 Å². The van der Waals surface area contributed by atoms with Gasteiger partial charge in [0.1, 0.15) is 11.6 Å². The topological polar surface area (TPSA) is 33.1 Å². The van der Waals surface area contributed by atoms with E-state index in [0.29, 0.717) is 0 Å². The molecule has 2 aromatic rings. The third-order valence-electron chi connectivity index (χ3n) is 4.18. The Labute approximate surface area is 122 Å². The number of aliphatic hydroxyl groups is 1. The van der Waals surface area contributed by atoms with Crippen LogP contribution in [0.15, 0.2) is 36.5 Å². The summed E-state index contributed by atoms with van der Waals surface area (Å²) in [5.41, 5.74) is 1.95. The molecule has 1 N–H and O–H groups in total. The molecule has 110 valence electrons. The summed E-state index contributed by atoms with van der Waals surface area (Å²) < 4.78 is 27.4. The Morgan fingerprint density at radius 1 is 1.19 bits per heavy atom. The van der Waals surface area contributed by atoms with Crippen molar-refractivity contribution in [1.29, 1.82) is 0 Å². The fourth-order valence-electron chi connectivity index (χ4n) is 3.10. The second-order valence-corrected chi connectivity index (χ2v) is 5.52. The van der Waals surface area contributed by atoms with Crippen LogP contribution in [0.3, 0.4) is 0 Å². The van der Waals surface area contributed by atoms with Gasteiger partial charge in [0.2, 0.25) is 0 Å². The maximum atomic E-state index is 13.7. The molecule has 0 spiro atoms.